The lowest BCUT2D eigenvalue weighted by atomic mass is 9.95. The van der Waals surface area contributed by atoms with E-state index in [-0.39, 0.29) is 35.2 Å². The van der Waals surface area contributed by atoms with Crippen LogP contribution < -0.4 is 21.5 Å². The molecule has 10 nitrogen and oxygen atoms in total. The van der Waals surface area contributed by atoms with Crippen LogP contribution in [0.4, 0.5) is 10.6 Å². The number of likely N-dealkylation sites (tertiary alicyclic amines) is 1. The highest BCUT2D eigenvalue weighted by molar-refractivity contribution is 5.80. The molecule has 0 bridgehead atoms. The SMILES string of the molecule is CCOC(=O)N1CCC(NC(=O)C2CCCN(c3cc(=O)n(C)c(=O)n3CC)C2)CC1. The molecule has 1 aromatic rings. The Kier molecular flexibility index (Phi) is 7.40. The van der Waals surface area contributed by atoms with E-state index in [2.05, 4.69) is 5.32 Å². The Morgan fingerprint density at radius 3 is 2.48 bits per heavy atom. The summed E-state index contributed by atoms with van der Waals surface area (Å²) in [5.41, 5.74) is -0.686. The van der Waals surface area contributed by atoms with Crippen LogP contribution in [-0.4, -0.2) is 64.9 Å². The van der Waals surface area contributed by atoms with Gasteiger partial charge in [0.1, 0.15) is 5.82 Å². The standard InChI is InChI=1S/C21H33N5O5/c1-4-26-17(13-18(27)23(3)20(26)29)25-10-6-7-15(14-25)19(28)22-16-8-11-24(12-9-16)21(30)31-5-2/h13,15-16H,4-12,14H2,1-3H3,(H,22,28). The number of nitrogens with zero attached hydrogens (tertiary/aromatic N) is 4. The number of ether oxygens (including phenoxy) is 1. The van der Waals surface area contributed by atoms with E-state index in [0.29, 0.717) is 58.0 Å². The van der Waals surface area contributed by atoms with Crippen molar-refractivity contribution in [1.29, 1.82) is 0 Å². The largest absolute Gasteiger partial charge is 0.450 e. The summed E-state index contributed by atoms with van der Waals surface area (Å²) in [5.74, 6) is 0.366. The van der Waals surface area contributed by atoms with E-state index in [9.17, 15) is 19.2 Å². The van der Waals surface area contributed by atoms with Gasteiger partial charge in [-0.3, -0.25) is 18.7 Å². The molecule has 0 aromatic carbocycles. The topological polar surface area (TPSA) is 106 Å². The number of hydrogen-bond donors (Lipinski definition) is 1. The second kappa shape index (κ2) is 10.0. The molecule has 1 atom stereocenters. The smallest absolute Gasteiger partial charge is 0.409 e. The minimum Gasteiger partial charge on any atom is -0.450 e. The minimum absolute atomic E-state index is 0.00601. The average molecular weight is 436 g/mol. The Balaban J connectivity index is 1.62. The zero-order valence-electron chi connectivity index (χ0n) is 18.6. The fraction of sp³-hybridized carbons (Fsp3) is 0.714. The van der Waals surface area contributed by atoms with Gasteiger partial charge in [-0.1, -0.05) is 0 Å². The number of nitrogens with one attached hydrogen (secondary N) is 1. The Bertz CT molecular complexity index is 916. The molecule has 1 unspecified atom stereocenters. The van der Waals surface area contributed by atoms with E-state index in [4.69, 9.17) is 4.74 Å². The number of aromatic nitrogens is 2. The van der Waals surface area contributed by atoms with Gasteiger partial charge in [0.05, 0.1) is 12.5 Å². The molecule has 0 spiro atoms. The van der Waals surface area contributed by atoms with Crippen molar-refractivity contribution in [2.75, 3.05) is 37.7 Å². The van der Waals surface area contributed by atoms with Crippen LogP contribution in [0.1, 0.15) is 39.5 Å². The minimum atomic E-state index is -0.343. The van der Waals surface area contributed by atoms with Crippen LogP contribution >= 0.6 is 0 Å². The van der Waals surface area contributed by atoms with Crippen LogP contribution in [-0.2, 0) is 23.1 Å². The van der Waals surface area contributed by atoms with Crippen LogP contribution in [0.15, 0.2) is 15.7 Å². The lowest BCUT2D eigenvalue weighted by Crippen LogP contribution is -2.51. The second-order valence-corrected chi connectivity index (χ2v) is 8.18. The van der Waals surface area contributed by atoms with Gasteiger partial charge in [-0.2, -0.15) is 0 Å². The molecule has 0 saturated carbocycles. The van der Waals surface area contributed by atoms with Gasteiger partial charge in [-0.05, 0) is 39.5 Å². The summed E-state index contributed by atoms with van der Waals surface area (Å²) in [7, 11) is 1.47. The highest BCUT2D eigenvalue weighted by atomic mass is 16.6. The third kappa shape index (κ3) is 5.11. The molecule has 2 aliphatic heterocycles. The quantitative estimate of drug-likeness (QED) is 0.723. The molecule has 10 heteroatoms. The third-order valence-electron chi connectivity index (χ3n) is 6.18. The number of hydrogen-bond acceptors (Lipinski definition) is 6. The van der Waals surface area contributed by atoms with E-state index in [1.807, 2.05) is 11.8 Å². The van der Waals surface area contributed by atoms with E-state index in [1.165, 1.54) is 13.1 Å². The van der Waals surface area contributed by atoms with Crippen molar-refractivity contribution in [2.24, 2.45) is 13.0 Å². The zero-order valence-corrected chi connectivity index (χ0v) is 18.6. The van der Waals surface area contributed by atoms with Crippen molar-refractivity contribution in [3.05, 3.63) is 26.9 Å². The van der Waals surface area contributed by atoms with Gasteiger partial charge in [-0.25, -0.2) is 9.59 Å². The van der Waals surface area contributed by atoms with Crippen molar-refractivity contribution in [1.82, 2.24) is 19.4 Å². The molecule has 3 heterocycles. The molecule has 2 saturated heterocycles. The number of carbonyl (C=O) groups excluding carboxylic acids is 2. The number of anilines is 1. The normalized spacial score (nSPS) is 19.9. The molecular formula is C21H33N5O5. The summed E-state index contributed by atoms with van der Waals surface area (Å²) in [6.45, 7) is 6.77. The lowest BCUT2D eigenvalue weighted by molar-refractivity contribution is -0.126. The van der Waals surface area contributed by atoms with E-state index in [1.54, 1.807) is 16.4 Å². The third-order valence-corrected chi connectivity index (χ3v) is 6.18. The molecule has 0 radical (unpaired) electrons. The van der Waals surface area contributed by atoms with Crippen molar-refractivity contribution >= 4 is 17.8 Å². The highest BCUT2D eigenvalue weighted by Gasteiger charge is 2.30. The van der Waals surface area contributed by atoms with E-state index in [0.717, 1.165) is 17.4 Å². The van der Waals surface area contributed by atoms with Crippen LogP contribution in [0.25, 0.3) is 0 Å². The molecule has 2 aliphatic rings. The molecule has 1 aromatic heterocycles. The van der Waals surface area contributed by atoms with E-state index >= 15 is 0 Å². The van der Waals surface area contributed by atoms with Gasteiger partial charge in [0.15, 0.2) is 0 Å². The van der Waals surface area contributed by atoms with Crippen LogP contribution in [0.3, 0.4) is 0 Å². The lowest BCUT2D eigenvalue weighted by Gasteiger charge is -2.36. The maximum Gasteiger partial charge on any atom is 0.409 e. The van der Waals surface area contributed by atoms with Crippen LogP contribution in [0.5, 0.6) is 0 Å². The monoisotopic (exact) mass is 435 g/mol. The van der Waals surface area contributed by atoms with Gasteiger partial charge in [0.25, 0.3) is 5.56 Å². The Labute approximate surface area is 181 Å². The number of rotatable bonds is 5. The molecular weight excluding hydrogens is 402 g/mol. The molecule has 1 N–H and O–H groups in total. The first kappa shape index (κ1) is 22.9. The van der Waals surface area contributed by atoms with Crippen LogP contribution in [0, 0.1) is 5.92 Å². The number of piperidine rings is 2. The predicted octanol–water partition coefficient (Wildman–Crippen LogP) is 0.520. The Morgan fingerprint density at radius 1 is 1.13 bits per heavy atom. The van der Waals surface area contributed by atoms with Crippen molar-refractivity contribution in [3.8, 4) is 0 Å². The summed E-state index contributed by atoms with van der Waals surface area (Å²) in [6.07, 6.45) is 2.68. The van der Waals surface area contributed by atoms with Gasteiger partial charge >= 0.3 is 11.8 Å². The molecule has 31 heavy (non-hydrogen) atoms. The molecule has 172 valence electrons. The fourth-order valence-electron chi connectivity index (χ4n) is 4.36. The number of amides is 2. The first-order chi connectivity index (χ1) is 14.8. The molecule has 0 aliphatic carbocycles. The summed E-state index contributed by atoms with van der Waals surface area (Å²) in [4.78, 5) is 53.0. The van der Waals surface area contributed by atoms with Gasteiger partial charge in [0.2, 0.25) is 5.91 Å². The summed E-state index contributed by atoms with van der Waals surface area (Å²) >= 11 is 0. The highest BCUT2D eigenvalue weighted by Crippen LogP contribution is 2.23. The molecule has 2 fully saturated rings. The average Bonchev–Trinajstić information content (AvgIpc) is 2.78. The van der Waals surface area contributed by atoms with Gasteiger partial charge < -0.3 is 19.9 Å². The summed E-state index contributed by atoms with van der Waals surface area (Å²) in [6, 6.07) is 1.52. The Morgan fingerprint density at radius 2 is 1.84 bits per heavy atom. The van der Waals surface area contributed by atoms with Gasteiger partial charge in [0, 0.05) is 51.9 Å². The van der Waals surface area contributed by atoms with Gasteiger partial charge in [-0.15, -0.1) is 0 Å². The van der Waals surface area contributed by atoms with Crippen LogP contribution in [0.2, 0.25) is 0 Å². The summed E-state index contributed by atoms with van der Waals surface area (Å²) < 4.78 is 7.71. The fourth-order valence-corrected chi connectivity index (χ4v) is 4.36. The predicted molar refractivity (Wildman–Crippen MR) is 116 cm³/mol. The molecule has 2 amide bonds. The van der Waals surface area contributed by atoms with Crippen molar-refractivity contribution < 1.29 is 14.3 Å². The van der Waals surface area contributed by atoms with E-state index < -0.39 is 0 Å². The zero-order chi connectivity index (χ0) is 22.5. The Hall–Kier alpha value is -2.78. The maximum atomic E-state index is 12.9. The number of carbonyl (C=O) groups is 2. The second-order valence-electron chi connectivity index (χ2n) is 8.18. The maximum absolute atomic E-state index is 12.9. The first-order valence-electron chi connectivity index (χ1n) is 11.1. The van der Waals surface area contributed by atoms with Crippen molar-refractivity contribution in [2.45, 2.75) is 52.1 Å². The first-order valence-corrected chi connectivity index (χ1v) is 11.1. The summed E-state index contributed by atoms with van der Waals surface area (Å²) in [5, 5.41) is 3.13. The van der Waals surface area contributed by atoms with Crippen molar-refractivity contribution in [3.63, 3.8) is 0 Å². The molecule has 3 rings (SSSR count).